The maximum absolute atomic E-state index is 12.4. The molecule has 2 rings (SSSR count). The van der Waals surface area contributed by atoms with E-state index in [0.29, 0.717) is 0 Å². The second-order valence-electron chi connectivity index (χ2n) is 5.05. The lowest BCUT2D eigenvalue weighted by Gasteiger charge is -2.27. The van der Waals surface area contributed by atoms with Gasteiger partial charge in [-0.2, -0.15) is 0 Å². The van der Waals surface area contributed by atoms with Crippen LogP contribution in [-0.4, -0.2) is 37.2 Å². The lowest BCUT2D eigenvalue weighted by molar-refractivity contribution is -0.163. The normalized spacial score (nSPS) is 19.3. The molecule has 1 aliphatic rings. The average molecular weight is 398 g/mol. The Balaban J connectivity index is 2.58. The summed E-state index contributed by atoms with van der Waals surface area (Å²) in [5.74, 6) is -1.45. The predicted molar refractivity (Wildman–Crippen MR) is 94.3 cm³/mol. The van der Waals surface area contributed by atoms with Crippen LogP contribution < -0.4 is 4.90 Å². The minimum atomic E-state index is -1.64. The van der Waals surface area contributed by atoms with E-state index in [4.69, 9.17) is 21.7 Å². The molecule has 1 unspecified atom stereocenters. The summed E-state index contributed by atoms with van der Waals surface area (Å²) >= 11 is 8.89. The molecule has 1 fully saturated rings. The molecule has 1 heterocycles. The van der Waals surface area contributed by atoms with Crippen LogP contribution in [0.3, 0.4) is 0 Å². The maximum Gasteiger partial charge on any atom is 0.330 e. The number of anilines is 1. The fourth-order valence-electron chi connectivity index (χ4n) is 2.75. The van der Waals surface area contributed by atoms with E-state index in [0.717, 1.165) is 10.2 Å². The number of benzene rings is 1. The van der Waals surface area contributed by atoms with Gasteiger partial charge in [0.15, 0.2) is 0 Å². The lowest BCUT2D eigenvalue weighted by Crippen LogP contribution is -2.47. The standard InChI is InChI=1S/C16H16BrNO4S/c1-4-11-9-16(14(19)21-2,15(20)22-3)13(23)18(11)12-7-5-6-10(17)8-12/h4-8,11H,1,9H2,2-3H3. The van der Waals surface area contributed by atoms with Gasteiger partial charge >= 0.3 is 11.9 Å². The van der Waals surface area contributed by atoms with Crippen LogP contribution in [0.25, 0.3) is 0 Å². The molecule has 1 aromatic rings. The van der Waals surface area contributed by atoms with E-state index >= 15 is 0 Å². The minimum Gasteiger partial charge on any atom is -0.468 e. The van der Waals surface area contributed by atoms with Gasteiger partial charge in [0.05, 0.1) is 20.3 Å². The first-order valence-corrected chi connectivity index (χ1v) is 8.01. The van der Waals surface area contributed by atoms with Crippen molar-refractivity contribution in [3.05, 3.63) is 41.4 Å². The van der Waals surface area contributed by atoms with Crippen LogP contribution in [0.2, 0.25) is 0 Å². The topological polar surface area (TPSA) is 55.8 Å². The third-order valence-electron chi connectivity index (χ3n) is 3.86. The van der Waals surface area contributed by atoms with Gasteiger partial charge in [0, 0.05) is 16.6 Å². The summed E-state index contributed by atoms with van der Waals surface area (Å²) in [6.45, 7) is 3.79. The molecule has 1 saturated heterocycles. The Morgan fingerprint density at radius 3 is 2.48 bits per heavy atom. The molecule has 0 aliphatic carbocycles. The number of nitrogens with zero attached hydrogens (tertiary/aromatic N) is 1. The highest BCUT2D eigenvalue weighted by Gasteiger charge is 2.60. The Morgan fingerprint density at radius 1 is 1.39 bits per heavy atom. The summed E-state index contributed by atoms with van der Waals surface area (Å²) in [7, 11) is 2.45. The van der Waals surface area contributed by atoms with Crippen LogP contribution in [0, 0.1) is 5.41 Å². The van der Waals surface area contributed by atoms with Crippen molar-refractivity contribution in [2.75, 3.05) is 19.1 Å². The molecule has 122 valence electrons. The van der Waals surface area contributed by atoms with Gasteiger partial charge in [-0.05, 0) is 18.2 Å². The van der Waals surface area contributed by atoms with Crippen molar-refractivity contribution in [1.29, 1.82) is 0 Å². The fraction of sp³-hybridized carbons (Fsp3) is 0.312. The average Bonchev–Trinajstić information content (AvgIpc) is 2.87. The molecule has 1 aromatic carbocycles. The summed E-state index contributed by atoms with van der Waals surface area (Å²) in [5.41, 5.74) is -0.885. The number of hydrogen-bond acceptors (Lipinski definition) is 5. The van der Waals surface area contributed by atoms with Gasteiger partial charge in [-0.3, -0.25) is 9.59 Å². The van der Waals surface area contributed by atoms with Crippen molar-refractivity contribution >= 4 is 50.8 Å². The Labute approximate surface area is 148 Å². The van der Waals surface area contributed by atoms with Crippen molar-refractivity contribution in [2.45, 2.75) is 12.5 Å². The molecule has 5 nitrogen and oxygen atoms in total. The highest BCUT2D eigenvalue weighted by Crippen LogP contribution is 2.43. The van der Waals surface area contributed by atoms with Gasteiger partial charge in [-0.1, -0.05) is 40.3 Å². The van der Waals surface area contributed by atoms with Gasteiger partial charge in [-0.15, -0.1) is 6.58 Å². The molecule has 0 amide bonds. The second-order valence-corrected chi connectivity index (χ2v) is 6.35. The number of carbonyl (C=O) groups excluding carboxylic acids is 2. The number of rotatable bonds is 4. The van der Waals surface area contributed by atoms with Crippen LogP contribution in [-0.2, 0) is 19.1 Å². The zero-order chi connectivity index (χ0) is 17.2. The first-order chi connectivity index (χ1) is 10.9. The van der Waals surface area contributed by atoms with Crippen molar-refractivity contribution in [1.82, 2.24) is 0 Å². The number of ether oxygens (including phenoxy) is 2. The number of methoxy groups -OCH3 is 2. The highest BCUT2D eigenvalue weighted by molar-refractivity contribution is 9.10. The van der Waals surface area contributed by atoms with Crippen LogP contribution >= 0.6 is 28.1 Å². The van der Waals surface area contributed by atoms with Crippen molar-refractivity contribution in [2.24, 2.45) is 5.41 Å². The smallest absolute Gasteiger partial charge is 0.330 e. The van der Waals surface area contributed by atoms with E-state index in [1.54, 1.807) is 11.0 Å². The predicted octanol–water partition coefficient (Wildman–Crippen LogP) is 2.87. The van der Waals surface area contributed by atoms with Crippen molar-refractivity contribution in [3.8, 4) is 0 Å². The number of hydrogen-bond donors (Lipinski definition) is 0. The van der Waals surface area contributed by atoms with Crippen LogP contribution in [0.4, 0.5) is 5.69 Å². The molecule has 23 heavy (non-hydrogen) atoms. The molecule has 1 atom stereocenters. The zero-order valence-electron chi connectivity index (χ0n) is 12.7. The zero-order valence-corrected chi connectivity index (χ0v) is 15.1. The number of halogens is 1. The van der Waals surface area contributed by atoms with E-state index in [-0.39, 0.29) is 17.5 Å². The molecule has 1 aliphatic heterocycles. The third kappa shape index (κ3) is 2.79. The van der Waals surface area contributed by atoms with Crippen LogP contribution in [0.1, 0.15) is 6.42 Å². The molecular weight excluding hydrogens is 382 g/mol. The maximum atomic E-state index is 12.4. The van der Waals surface area contributed by atoms with E-state index in [1.165, 1.54) is 14.2 Å². The van der Waals surface area contributed by atoms with Gasteiger partial charge in [0.25, 0.3) is 0 Å². The number of carbonyl (C=O) groups is 2. The van der Waals surface area contributed by atoms with Gasteiger partial charge in [0.1, 0.15) is 4.99 Å². The molecule has 0 saturated carbocycles. The van der Waals surface area contributed by atoms with Gasteiger partial charge in [-0.25, -0.2) is 0 Å². The first-order valence-electron chi connectivity index (χ1n) is 6.81. The Kier molecular flexibility index (Phi) is 5.21. The molecular formula is C16H16BrNO4S. The Hall–Kier alpha value is -1.73. The van der Waals surface area contributed by atoms with Gasteiger partial charge in [0.2, 0.25) is 5.41 Å². The molecule has 0 radical (unpaired) electrons. The fourth-order valence-corrected chi connectivity index (χ4v) is 3.62. The van der Waals surface area contributed by atoms with E-state index < -0.39 is 17.4 Å². The van der Waals surface area contributed by atoms with E-state index in [2.05, 4.69) is 22.5 Å². The molecule has 7 heteroatoms. The minimum absolute atomic E-state index is 0.126. The van der Waals surface area contributed by atoms with Crippen LogP contribution in [0.15, 0.2) is 41.4 Å². The number of thiocarbonyl (C=S) groups is 1. The monoisotopic (exact) mass is 397 g/mol. The highest BCUT2D eigenvalue weighted by atomic mass is 79.9. The SMILES string of the molecule is C=CC1CC(C(=O)OC)(C(=O)OC)C(=S)N1c1cccc(Br)c1. The van der Waals surface area contributed by atoms with Crippen molar-refractivity contribution < 1.29 is 19.1 Å². The number of esters is 2. The summed E-state index contributed by atoms with van der Waals surface area (Å²) in [5, 5.41) is 0. The first kappa shape index (κ1) is 17.6. The Morgan fingerprint density at radius 2 is 2.00 bits per heavy atom. The van der Waals surface area contributed by atoms with Crippen LogP contribution in [0.5, 0.6) is 0 Å². The third-order valence-corrected chi connectivity index (χ3v) is 4.90. The Bertz CT molecular complexity index is 660. The van der Waals surface area contributed by atoms with Crippen molar-refractivity contribution in [3.63, 3.8) is 0 Å². The molecule has 0 bridgehead atoms. The largest absolute Gasteiger partial charge is 0.468 e. The molecule has 0 aromatic heterocycles. The quantitative estimate of drug-likeness (QED) is 0.337. The van der Waals surface area contributed by atoms with E-state index in [1.807, 2.05) is 24.3 Å². The molecule has 0 N–H and O–H groups in total. The lowest BCUT2D eigenvalue weighted by atomic mass is 9.85. The van der Waals surface area contributed by atoms with E-state index in [9.17, 15) is 9.59 Å². The van der Waals surface area contributed by atoms with Gasteiger partial charge < -0.3 is 14.4 Å². The molecule has 0 spiro atoms. The second kappa shape index (κ2) is 6.80. The summed E-state index contributed by atoms with van der Waals surface area (Å²) in [4.78, 5) is 26.6. The summed E-state index contributed by atoms with van der Waals surface area (Å²) in [6, 6.07) is 7.10. The summed E-state index contributed by atoms with van der Waals surface area (Å²) < 4.78 is 10.5. The summed E-state index contributed by atoms with van der Waals surface area (Å²) in [6.07, 6.45) is 1.78.